The van der Waals surface area contributed by atoms with E-state index in [-0.39, 0.29) is 6.23 Å². The van der Waals surface area contributed by atoms with E-state index in [1.54, 1.807) is 0 Å². The first-order valence-electron chi connectivity index (χ1n) is 5.39. The van der Waals surface area contributed by atoms with Crippen LogP contribution in [0.5, 0.6) is 0 Å². The zero-order valence-electron chi connectivity index (χ0n) is 8.66. The van der Waals surface area contributed by atoms with Crippen LogP contribution >= 0.6 is 0 Å². The molecule has 3 N–H and O–H groups in total. The van der Waals surface area contributed by atoms with E-state index >= 15 is 0 Å². The molecule has 4 atom stereocenters. The van der Waals surface area contributed by atoms with E-state index in [1.807, 2.05) is 0 Å². The molecule has 0 saturated carbocycles. The summed E-state index contributed by atoms with van der Waals surface area (Å²) in [6.07, 6.45) is 1.05. The van der Waals surface area contributed by atoms with E-state index in [2.05, 4.69) is 34.7 Å². The van der Waals surface area contributed by atoms with E-state index in [0.29, 0.717) is 24.4 Å². The number of hydrogen-bond acceptors (Lipinski definition) is 5. The number of nitrogens with one attached hydrogen (secondary N) is 3. The third-order valence-electron chi connectivity index (χ3n) is 3.36. The van der Waals surface area contributed by atoms with Crippen LogP contribution in [0.4, 0.5) is 0 Å². The molecule has 3 saturated heterocycles. The minimum Gasteiger partial charge on any atom is -0.351 e. The molecular formula is C9H18N4O. The fourth-order valence-electron chi connectivity index (χ4n) is 2.50. The van der Waals surface area contributed by atoms with Crippen LogP contribution in [0.15, 0.2) is 0 Å². The molecule has 0 bridgehead atoms. The second-order valence-corrected chi connectivity index (χ2v) is 4.55. The lowest BCUT2D eigenvalue weighted by Crippen LogP contribution is -2.51. The van der Waals surface area contributed by atoms with Gasteiger partial charge in [-0.05, 0) is 13.8 Å². The summed E-state index contributed by atoms with van der Waals surface area (Å²) in [5.41, 5.74) is 0. The lowest BCUT2D eigenvalue weighted by molar-refractivity contribution is 0.152. The summed E-state index contributed by atoms with van der Waals surface area (Å²) in [6.45, 7) is 6.27. The summed E-state index contributed by atoms with van der Waals surface area (Å²) in [7, 11) is 0. The van der Waals surface area contributed by atoms with Gasteiger partial charge in [-0.1, -0.05) is 0 Å². The van der Waals surface area contributed by atoms with Gasteiger partial charge in [-0.15, -0.1) is 0 Å². The van der Waals surface area contributed by atoms with Crippen LogP contribution in [0.25, 0.3) is 0 Å². The SMILES string of the molecule is CC(C)N1CNC2C3OC3NCNC21. The van der Waals surface area contributed by atoms with E-state index in [4.69, 9.17) is 4.74 Å². The molecular weight excluding hydrogens is 180 g/mol. The van der Waals surface area contributed by atoms with Crippen LogP contribution in [-0.2, 0) is 4.74 Å². The largest absolute Gasteiger partial charge is 0.351 e. The molecule has 3 heterocycles. The molecule has 14 heavy (non-hydrogen) atoms. The van der Waals surface area contributed by atoms with Gasteiger partial charge in [0.2, 0.25) is 0 Å². The predicted octanol–water partition coefficient (Wildman–Crippen LogP) is -1.17. The number of nitrogens with zero attached hydrogens (tertiary/aromatic N) is 1. The summed E-state index contributed by atoms with van der Waals surface area (Å²) in [6, 6.07) is 1.01. The monoisotopic (exact) mass is 198 g/mol. The Bertz CT molecular complexity index is 235. The van der Waals surface area contributed by atoms with Crippen molar-refractivity contribution in [1.29, 1.82) is 0 Å². The van der Waals surface area contributed by atoms with Crippen molar-refractivity contribution in [2.45, 2.75) is 44.4 Å². The van der Waals surface area contributed by atoms with Gasteiger partial charge in [0.1, 0.15) is 12.3 Å². The zero-order valence-corrected chi connectivity index (χ0v) is 8.66. The maximum atomic E-state index is 5.56. The predicted molar refractivity (Wildman–Crippen MR) is 52.4 cm³/mol. The maximum absolute atomic E-state index is 5.56. The molecule has 5 nitrogen and oxygen atoms in total. The van der Waals surface area contributed by atoms with Gasteiger partial charge in [0, 0.05) is 12.7 Å². The molecule has 3 rings (SSSR count). The molecule has 0 aliphatic carbocycles. The average Bonchev–Trinajstić information content (AvgIpc) is 2.80. The fraction of sp³-hybridized carbons (Fsp3) is 1.00. The number of epoxide rings is 1. The number of rotatable bonds is 1. The van der Waals surface area contributed by atoms with Crippen molar-refractivity contribution in [2.24, 2.45) is 0 Å². The number of fused-ring (bicyclic) bond motifs is 3. The molecule has 5 heteroatoms. The first-order chi connectivity index (χ1) is 6.77. The highest BCUT2D eigenvalue weighted by molar-refractivity contribution is 5.04. The van der Waals surface area contributed by atoms with Crippen molar-refractivity contribution in [2.75, 3.05) is 13.3 Å². The molecule has 3 aliphatic heterocycles. The molecule has 3 fully saturated rings. The first-order valence-corrected chi connectivity index (χ1v) is 5.39. The fourth-order valence-corrected chi connectivity index (χ4v) is 2.50. The summed E-state index contributed by atoms with van der Waals surface area (Å²) in [5, 5.41) is 10.3. The first kappa shape index (κ1) is 9.06. The van der Waals surface area contributed by atoms with Crippen molar-refractivity contribution in [3.05, 3.63) is 0 Å². The van der Waals surface area contributed by atoms with Gasteiger partial charge in [-0.25, -0.2) is 0 Å². The Morgan fingerprint density at radius 3 is 2.93 bits per heavy atom. The smallest absolute Gasteiger partial charge is 0.137 e. The van der Waals surface area contributed by atoms with Gasteiger partial charge in [0.05, 0.1) is 18.9 Å². The standard InChI is InChI=1S/C9H18N4O/c1-5(2)13-4-12-6-7-9(14-7)11-3-10-8(6)13/h5-12H,3-4H2,1-2H3. The van der Waals surface area contributed by atoms with Gasteiger partial charge < -0.3 is 4.74 Å². The molecule has 0 aromatic carbocycles. The highest BCUT2D eigenvalue weighted by Gasteiger charge is 2.53. The second-order valence-electron chi connectivity index (χ2n) is 4.55. The Morgan fingerprint density at radius 2 is 2.14 bits per heavy atom. The molecule has 0 radical (unpaired) electrons. The third kappa shape index (κ3) is 1.28. The lowest BCUT2D eigenvalue weighted by Gasteiger charge is -2.29. The van der Waals surface area contributed by atoms with Crippen molar-refractivity contribution >= 4 is 0 Å². The summed E-state index contributed by atoms with van der Waals surface area (Å²) >= 11 is 0. The quantitative estimate of drug-likeness (QED) is 0.463. The van der Waals surface area contributed by atoms with Crippen LogP contribution in [0.3, 0.4) is 0 Å². The highest BCUT2D eigenvalue weighted by atomic mass is 16.6. The van der Waals surface area contributed by atoms with Crippen molar-refractivity contribution < 1.29 is 4.74 Å². The maximum Gasteiger partial charge on any atom is 0.137 e. The van der Waals surface area contributed by atoms with Crippen LogP contribution < -0.4 is 16.0 Å². The molecule has 0 spiro atoms. The Morgan fingerprint density at radius 1 is 1.29 bits per heavy atom. The van der Waals surface area contributed by atoms with Crippen LogP contribution in [0.1, 0.15) is 13.8 Å². The molecule has 0 aromatic heterocycles. The Balaban J connectivity index is 1.77. The Kier molecular flexibility index (Phi) is 2.04. The zero-order chi connectivity index (χ0) is 9.71. The molecule has 0 amide bonds. The molecule has 0 aromatic rings. The van der Waals surface area contributed by atoms with Gasteiger partial charge in [0.15, 0.2) is 0 Å². The number of hydrogen-bond donors (Lipinski definition) is 3. The average molecular weight is 198 g/mol. The van der Waals surface area contributed by atoms with Crippen LogP contribution in [0.2, 0.25) is 0 Å². The minimum atomic E-state index is 0.275. The summed E-state index contributed by atoms with van der Waals surface area (Å²) < 4.78 is 5.56. The summed E-state index contributed by atoms with van der Waals surface area (Å²) in [4.78, 5) is 2.44. The minimum absolute atomic E-state index is 0.275. The Labute approximate surface area is 84.2 Å². The second kappa shape index (κ2) is 3.15. The topological polar surface area (TPSA) is 51.9 Å². The van der Waals surface area contributed by atoms with Gasteiger partial charge in [-0.3, -0.25) is 20.9 Å². The van der Waals surface area contributed by atoms with Gasteiger partial charge >= 0.3 is 0 Å². The molecule has 80 valence electrons. The third-order valence-corrected chi connectivity index (χ3v) is 3.36. The van der Waals surface area contributed by atoms with Crippen molar-refractivity contribution in [3.63, 3.8) is 0 Å². The van der Waals surface area contributed by atoms with E-state index in [9.17, 15) is 0 Å². The molecule has 4 unspecified atom stereocenters. The van der Waals surface area contributed by atoms with E-state index < -0.39 is 0 Å². The van der Waals surface area contributed by atoms with Crippen molar-refractivity contribution in [3.8, 4) is 0 Å². The van der Waals surface area contributed by atoms with Crippen LogP contribution in [0, 0.1) is 0 Å². The lowest BCUT2D eigenvalue weighted by atomic mass is 10.1. The number of ether oxygens (including phenoxy) is 1. The normalized spacial score (nSPS) is 47.4. The van der Waals surface area contributed by atoms with Gasteiger partial charge in [-0.2, -0.15) is 0 Å². The van der Waals surface area contributed by atoms with E-state index in [1.165, 1.54) is 0 Å². The highest BCUT2D eigenvalue weighted by Crippen LogP contribution is 2.30. The van der Waals surface area contributed by atoms with Crippen LogP contribution in [-0.4, -0.2) is 48.8 Å². The van der Waals surface area contributed by atoms with E-state index in [0.717, 1.165) is 13.3 Å². The van der Waals surface area contributed by atoms with Gasteiger partial charge in [0.25, 0.3) is 0 Å². The molecule has 3 aliphatic rings. The Hall–Kier alpha value is -0.200. The van der Waals surface area contributed by atoms with Crippen molar-refractivity contribution in [1.82, 2.24) is 20.9 Å². The summed E-state index contributed by atoms with van der Waals surface area (Å²) in [5.74, 6) is 0.